The van der Waals surface area contributed by atoms with Crippen molar-refractivity contribution in [1.29, 1.82) is 0 Å². The molecule has 2 rings (SSSR count). The molecule has 0 spiro atoms. The second-order valence-corrected chi connectivity index (χ2v) is 5.66. The van der Waals surface area contributed by atoms with Crippen molar-refractivity contribution < 1.29 is 8.42 Å². The molecule has 1 N–H and O–H groups in total. The van der Waals surface area contributed by atoms with Crippen molar-refractivity contribution in [2.24, 2.45) is 5.92 Å². The zero-order chi connectivity index (χ0) is 10.2. The molecule has 1 aliphatic carbocycles. The predicted octanol–water partition coefficient (Wildman–Crippen LogP) is 0.440. The first-order valence-corrected chi connectivity index (χ1v) is 6.00. The van der Waals surface area contributed by atoms with E-state index in [1.54, 1.807) is 7.05 Å². The Balaban J connectivity index is 2.14. The molecule has 1 fully saturated rings. The van der Waals surface area contributed by atoms with Crippen LogP contribution in [0, 0.1) is 5.92 Å². The Kier molecular flexibility index (Phi) is 2.32. The molecule has 0 amide bonds. The summed E-state index contributed by atoms with van der Waals surface area (Å²) in [5.41, 5.74) is 0. The van der Waals surface area contributed by atoms with Crippen molar-refractivity contribution in [2.75, 3.05) is 13.6 Å². The van der Waals surface area contributed by atoms with Gasteiger partial charge in [-0.2, -0.15) is 9.40 Å². The fraction of sp³-hybridized carbons (Fsp3) is 0.625. The summed E-state index contributed by atoms with van der Waals surface area (Å²) < 4.78 is 25.0. The van der Waals surface area contributed by atoms with E-state index in [2.05, 4.69) is 10.2 Å². The van der Waals surface area contributed by atoms with Gasteiger partial charge in [0, 0.05) is 13.6 Å². The highest BCUT2D eigenvalue weighted by Crippen LogP contribution is 2.30. The lowest BCUT2D eigenvalue weighted by Crippen LogP contribution is -2.29. The fourth-order valence-corrected chi connectivity index (χ4v) is 2.46. The van der Waals surface area contributed by atoms with E-state index in [1.807, 2.05) is 0 Å². The molecule has 1 saturated carbocycles. The molecule has 14 heavy (non-hydrogen) atoms. The average molecular weight is 215 g/mol. The van der Waals surface area contributed by atoms with Gasteiger partial charge in [-0.3, -0.25) is 5.10 Å². The number of hydrogen-bond acceptors (Lipinski definition) is 3. The summed E-state index contributed by atoms with van der Waals surface area (Å²) in [5.74, 6) is 0.553. The summed E-state index contributed by atoms with van der Waals surface area (Å²) in [5, 5.41) is 6.27. The molecule has 6 heteroatoms. The Morgan fingerprint density at radius 2 is 2.36 bits per heavy atom. The van der Waals surface area contributed by atoms with Crippen LogP contribution in [0.15, 0.2) is 17.3 Å². The minimum absolute atomic E-state index is 0.167. The number of sulfonamides is 1. The van der Waals surface area contributed by atoms with Crippen LogP contribution in [-0.4, -0.2) is 36.5 Å². The highest BCUT2D eigenvalue weighted by atomic mass is 32.2. The molecule has 78 valence electrons. The number of aromatic amines is 1. The summed E-state index contributed by atoms with van der Waals surface area (Å²) >= 11 is 0. The van der Waals surface area contributed by atoms with Gasteiger partial charge in [-0.15, -0.1) is 0 Å². The molecule has 0 radical (unpaired) electrons. The van der Waals surface area contributed by atoms with Gasteiger partial charge in [-0.25, -0.2) is 8.42 Å². The second-order valence-electron chi connectivity index (χ2n) is 3.65. The minimum Gasteiger partial charge on any atom is -0.266 e. The van der Waals surface area contributed by atoms with Crippen LogP contribution in [0.1, 0.15) is 12.8 Å². The van der Waals surface area contributed by atoms with E-state index < -0.39 is 10.0 Å². The standard InChI is InChI=1S/C8H13N3O2S/c1-11(6-7-2-3-7)14(12,13)8-4-5-9-10-8/h4-5,7H,2-3,6H2,1H3,(H,9,10). The summed E-state index contributed by atoms with van der Waals surface area (Å²) in [6, 6.07) is 1.47. The number of hydrogen-bond donors (Lipinski definition) is 1. The summed E-state index contributed by atoms with van der Waals surface area (Å²) in [6.07, 6.45) is 3.73. The Bertz CT molecular complexity index is 394. The Labute approximate surface area is 83.2 Å². The average Bonchev–Trinajstić information content (AvgIpc) is 2.79. The third-order valence-electron chi connectivity index (χ3n) is 2.38. The SMILES string of the molecule is CN(CC1CC1)S(=O)(=O)c1ccn[nH]1. The van der Waals surface area contributed by atoms with Gasteiger partial charge in [0.2, 0.25) is 0 Å². The van der Waals surface area contributed by atoms with Gasteiger partial charge in [0.1, 0.15) is 0 Å². The van der Waals surface area contributed by atoms with Crippen LogP contribution >= 0.6 is 0 Å². The van der Waals surface area contributed by atoms with Gasteiger partial charge in [0.25, 0.3) is 10.0 Å². The van der Waals surface area contributed by atoms with Crippen molar-refractivity contribution in [2.45, 2.75) is 17.9 Å². The third kappa shape index (κ3) is 1.80. The smallest absolute Gasteiger partial charge is 0.259 e. The van der Waals surface area contributed by atoms with E-state index in [4.69, 9.17) is 0 Å². The monoisotopic (exact) mass is 215 g/mol. The minimum atomic E-state index is -3.34. The lowest BCUT2D eigenvalue weighted by Gasteiger charge is -2.14. The maximum absolute atomic E-state index is 11.8. The largest absolute Gasteiger partial charge is 0.266 e. The molecule has 1 heterocycles. The van der Waals surface area contributed by atoms with E-state index in [0.29, 0.717) is 12.5 Å². The first-order chi connectivity index (χ1) is 6.60. The molecule has 0 unspecified atom stereocenters. The van der Waals surface area contributed by atoms with E-state index in [1.165, 1.54) is 16.6 Å². The summed E-state index contributed by atoms with van der Waals surface area (Å²) in [6.45, 7) is 0.612. The van der Waals surface area contributed by atoms with Crippen LogP contribution in [0.4, 0.5) is 0 Å². The van der Waals surface area contributed by atoms with Crippen LogP contribution in [0.25, 0.3) is 0 Å². The third-order valence-corrected chi connectivity index (χ3v) is 4.13. The molecule has 0 saturated heterocycles. The molecule has 5 nitrogen and oxygen atoms in total. The van der Waals surface area contributed by atoms with Crippen molar-refractivity contribution in [3.63, 3.8) is 0 Å². The molecular formula is C8H13N3O2S. The number of rotatable bonds is 4. The van der Waals surface area contributed by atoms with Gasteiger partial charge in [0.05, 0.1) is 6.20 Å². The van der Waals surface area contributed by atoms with Crippen molar-refractivity contribution in [3.05, 3.63) is 12.3 Å². The number of nitrogens with zero attached hydrogens (tertiary/aromatic N) is 2. The maximum atomic E-state index is 11.8. The second kappa shape index (κ2) is 3.36. The van der Waals surface area contributed by atoms with E-state index in [9.17, 15) is 8.42 Å². The molecule has 0 atom stereocenters. The van der Waals surface area contributed by atoms with Crippen LogP contribution in [-0.2, 0) is 10.0 Å². The van der Waals surface area contributed by atoms with Gasteiger partial charge in [-0.05, 0) is 24.8 Å². The first kappa shape index (κ1) is 9.67. The van der Waals surface area contributed by atoms with Crippen molar-refractivity contribution in [1.82, 2.24) is 14.5 Å². The van der Waals surface area contributed by atoms with Gasteiger partial charge in [0.15, 0.2) is 5.03 Å². The lowest BCUT2D eigenvalue weighted by molar-refractivity contribution is 0.450. The fourth-order valence-electron chi connectivity index (χ4n) is 1.32. The van der Waals surface area contributed by atoms with E-state index in [-0.39, 0.29) is 5.03 Å². The van der Waals surface area contributed by atoms with Crippen LogP contribution < -0.4 is 0 Å². The van der Waals surface area contributed by atoms with Crippen LogP contribution in [0.2, 0.25) is 0 Å². The maximum Gasteiger partial charge on any atom is 0.259 e. The molecule has 0 aromatic carbocycles. The van der Waals surface area contributed by atoms with Gasteiger partial charge < -0.3 is 0 Å². The molecule has 1 aromatic rings. The molecule has 0 bridgehead atoms. The first-order valence-electron chi connectivity index (χ1n) is 4.56. The van der Waals surface area contributed by atoms with Gasteiger partial charge in [-0.1, -0.05) is 0 Å². The number of nitrogens with one attached hydrogen (secondary N) is 1. The van der Waals surface area contributed by atoms with E-state index in [0.717, 1.165) is 12.8 Å². The van der Waals surface area contributed by atoms with Crippen LogP contribution in [0.3, 0.4) is 0 Å². The topological polar surface area (TPSA) is 66.1 Å². The lowest BCUT2D eigenvalue weighted by atomic mass is 10.4. The zero-order valence-electron chi connectivity index (χ0n) is 7.97. The molecular weight excluding hydrogens is 202 g/mol. The molecule has 1 aromatic heterocycles. The Morgan fingerprint density at radius 3 is 2.86 bits per heavy atom. The summed E-state index contributed by atoms with van der Waals surface area (Å²) in [4.78, 5) is 0. The number of aromatic nitrogens is 2. The Morgan fingerprint density at radius 1 is 1.64 bits per heavy atom. The van der Waals surface area contributed by atoms with Crippen molar-refractivity contribution in [3.8, 4) is 0 Å². The predicted molar refractivity (Wildman–Crippen MR) is 51.1 cm³/mol. The van der Waals surface area contributed by atoms with Gasteiger partial charge >= 0.3 is 0 Å². The Hall–Kier alpha value is -0.880. The molecule has 1 aliphatic rings. The summed E-state index contributed by atoms with van der Waals surface area (Å²) in [7, 11) is -1.73. The van der Waals surface area contributed by atoms with Crippen molar-refractivity contribution >= 4 is 10.0 Å². The highest BCUT2D eigenvalue weighted by Gasteiger charge is 2.29. The zero-order valence-corrected chi connectivity index (χ0v) is 8.79. The normalized spacial score (nSPS) is 17.6. The molecule has 0 aliphatic heterocycles. The number of H-pyrrole nitrogens is 1. The highest BCUT2D eigenvalue weighted by molar-refractivity contribution is 7.89. The quantitative estimate of drug-likeness (QED) is 0.792. The van der Waals surface area contributed by atoms with E-state index >= 15 is 0 Å². The van der Waals surface area contributed by atoms with Crippen LogP contribution in [0.5, 0.6) is 0 Å².